The van der Waals surface area contributed by atoms with Gasteiger partial charge in [-0.25, -0.2) is 4.79 Å². The van der Waals surface area contributed by atoms with Crippen LogP contribution in [0.4, 0.5) is 4.79 Å². The maximum atomic E-state index is 11.9. The highest BCUT2D eigenvalue weighted by Crippen LogP contribution is 2.31. The first-order chi connectivity index (χ1) is 11.5. The molecule has 2 amide bonds. The van der Waals surface area contributed by atoms with E-state index in [9.17, 15) is 9.59 Å². The van der Waals surface area contributed by atoms with Crippen molar-refractivity contribution in [3.05, 3.63) is 24.3 Å². The Labute approximate surface area is 143 Å². The molecule has 0 aliphatic rings. The zero-order chi connectivity index (χ0) is 17.7. The van der Waals surface area contributed by atoms with Crippen LogP contribution in [0.5, 0.6) is 5.75 Å². The van der Waals surface area contributed by atoms with Gasteiger partial charge in [0.2, 0.25) is 5.91 Å². The number of para-hydroxylation sites is 1. The van der Waals surface area contributed by atoms with Gasteiger partial charge in [-0.3, -0.25) is 10.1 Å². The van der Waals surface area contributed by atoms with E-state index in [1.807, 2.05) is 24.3 Å². The van der Waals surface area contributed by atoms with Gasteiger partial charge in [0, 0.05) is 7.05 Å². The lowest BCUT2D eigenvalue weighted by molar-refractivity contribution is -0.119. The summed E-state index contributed by atoms with van der Waals surface area (Å²) in [5.41, 5.74) is 0.800. The Morgan fingerprint density at radius 3 is 2.62 bits per heavy atom. The van der Waals surface area contributed by atoms with E-state index in [0.717, 1.165) is 5.56 Å². The summed E-state index contributed by atoms with van der Waals surface area (Å²) in [6.45, 7) is 1.67. The molecule has 128 valence electrons. The minimum atomic E-state index is -0.792. The average molecular weight is 350 g/mol. The first kappa shape index (κ1) is 17.8. The summed E-state index contributed by atoms with van der Waals surface area (Å²) in [5.74, 6) is 0.838. The molecule has 0 radical (unpaired) electrons. The van der Waals surface area contributed by atoms with E-state index in [-0.39, 0.29) is 0 Å². The van der Waals surface area contributed by atoms with Crippen LogP contribution in [0, 0.1) is 0 Å². The topological polar surface area (TPSA) is 95.3 Å². The predicted octanol–water partition coefficient (Wildman–Crippen LogP) is 1.85. The molecule has 8 nitrogen and oxygen atoms in total. The lowest BCUT2D eigenvalue weighted by Crippen LogP contribution is -2.35. The molecule has 1 heterocycles. The SMILES string of the molecule is COC(=O)NC(=O)[C@@H](C)Sc1nnc(-c2ccccc2OC)n1C. The number of methoxy groups -OCH3 is 2. The van der Waals surface area contributed by atoms with Gasteiger partial charge in [-0.2, -0.15) is 0 Å². The zero-order valence-corrected chi connectivity index (χ0v) is 14.6. The van der Waals surface area contributed by atoms with Crippen LogP contribution in [0.15, 0.2) is 29.4 Å². The van der Waals surface area contributed by atoms with Crippen LogP contribution in [0.25, 0.3) is 11.4 Å². The number of aromatic nitrogens is 3. The van der Waals surface area contributed by atoms with Crippen molar-refractivity contribution in [1.82, 2.24) is 20.1 Å². The minimum Gasteiger partial charge on any atom is -0.496 e. The van der Waals surface area contributed by atoms with E-state index in [4.69, 9.17) is 4.74 Å². The number of imide groups is 1. The number of hydrogen-bond donors (Lipinski definition) is 1. The quantitative estimate of drug-likeness (QED) is 0.822. The molecule has 9 heteroatoms. The largest absolute Gasteiger partial charge is 0.496 e. The third kappa shape index (κ3) is 3.85. The molecule has 0 aliphatic heterocycles. The molecule has 0 unspecified atom stereocenters. The van der Waals surface area contributed by atoms with E-state index in [1.54, 1.807) is 25.6 Å². The number of thioether (sulfide) groups is 1. The van der Waals surface area contributed by atoms with Gasteiger partial charge in [-0.05, 0) is 19.1 Å². The van der Waals surface area contributed by atoms with E-state index in [2.05, 4.69) is 20.3 Å². The zero-order valence-electron chi connectivity index (χ0n) is 13.8. The molecule has 0 saturated carbocycles. The number of hydrogen-bond acceptors (Lipinski definition) is 7. The molecule has 0 fully saturated rings. The highest BCUT2D eigenvalue weighted by molar-refractivity contribution is 8.00. The number of ether oxygens (including phenoxy) is 2. The monoisotopic (exact) mass is 350 g/mol. The summed E-state index contributed by atoms with van der Waals surface area (Å²) in [4.78, 5) is 23.0. The van der Waals surface area contributed by atoms with Gasteiger partial charge in [0.25, 0.3) is 0 Å². The predicted molar refractivity (Wildman–Crippen MR) is 88.9 cm³/mol. The Morgan fingerprint density at radius 2 is 1.96 bits per heavy atom. The highest BCUT2D eigenvalue weighted by Gasteiger charge is 2.21. The molecule has 2 rings (SSSR count). The number of benzene rings is 1. The van der Waals surface area contributed by atoms with Crippen LogP contribution in [-0.2, 0) is 16.6 Å². The molecule has 1 N–H and O–H groups in total. The lowest BCUT2D eigenvalue weighted by atomic mass is 10.2. The Kier molecular flexibility index (Phi) is 5.80. The molecule has 0 spiro atoms. The second-order valence-corrected chi connectivity index (χ2v) is 6.11. The summed E-state index contributed by atoms with van der Waals surface area (Å²) in [6, 6.07) is 7.47. The number of nitrogens with zero attached hydrogens (tertiary/aromatic N) is 3. The van der Waals surface area contributed by atoms with Crippen molar-refractivity contribution in [3.8, 4) is 17.1 Å². The summed E-state index contributed by atoms with van der Waals surface area (Å²) in [7, 11) is 4.59. The van der Waals surface area contributed by atoms with Crippen LogP contribution in [0.1, 0.15) is 6.92 Å². The van der Waals surface area contributed by atoms with Crippen LogP contribution < -0.4 is 10.1 Å². The first-order valence-electron chi connectivity index (χ1n) is 7.06. The third-order valence-corrected chi connectivity index (χ3v) is 4.38. The van der Waals surface area contributed by atoms with Gasteiger partial charge in [0.05, 0.1) is 25.0 Å². The van der Waals surface area contributed by atoms with Gasteiger partial charge in [-0.15, -0.1) is 10.2 Å². The Morgan fingerprint density at radius 1 is 1.25 bits per heavy atom. The second kappa shape index (κ2) is 7.82. The summed E-state index contributed by atoms with van der Waals surface area (Å²) >= 11 is 1.19. The van der Waals surface area contributed by atoms with Crippen molar-refractivity contribution in [2.45, 2.75) is 17.3 Å². The molecule has 1 aromatic carbocycles. The highest BCUT2D eigenvalue weighted by atomic mass is 32.2. The molecule has 0 saturated heterocycles. The van der Waals surface area contributed by atoms with Crippen molar-refractivity contribution < 1.29 is 19.1 Å². The molecule has 24 heavy (non-hydrogen) atoms. The van der Waals surface area contributed by atoms with Crippen LogP contribution >= 0.6 is 11.8 Å². The third-order valence-electron chi connectivity index (χ3n) is 3.24. The fourth-order valence-corrected chi connectivity index (χ4v) is 2.76. The lowest BCUT2D eigenvalue weighted by Gasteiger charge is -2.11. The first-order valence-corrected chi connectivity index (χ1v) is 7.94. The molecule has 0 aliphatic carbocycles. The van der Waals surface area contributed by atoms with Crippen LogP contribution in [0.2, 0.25) is 0 Å². The number of amides is 2. The van der Waals surface area contributed by atoms with Crippen molar-refractivity contribution in [3.63, 3.8) is 0 Å². The Bertz CT molecular complexity index is 747. The minimum absolute atomic E-state index is 0.464. The van der Waals surface area contributed by atoms with Crippen molar-refractivity contribution in [2.75, 3.05) is 14.2 Å². The summed E-state index contributed by atoms with van der Waals surface area (Å²) < 4.78 is 11.5. The number of carbonyl (C=O) groups is 2. The van der Waals surface area contributed by atoms with Gasteiger partial charge in [-0.1, -0.05) is 23.9 Å². The van der Waals surface area contributed by atoms with Gasteiger partial charge in [0.15, 0.2) is 11.0 Å². The van der Waals surface area contributed by atoms with Gasteiger partial charge < -0.3 is 14.0 Å². The maximum Gasteiger partial charge on any atom is 0.413 e. The van der Waals surface area contributed by atoms with E-state index in [1.165, 1.54) is 18.9 Å². The molecule has 2 aromatic rings. The van der Waals surface area contributed by atoms with E-state index in [0.29, 0.717) is 16.7 Å². The number of nitrogens with one attached hydrogen (secondary N) is 1. The second-order valence-electron chi connectivity index (χ2n) is 4.81. The standard InChI is InChI=1S/C15H18N4O4S/c1-9(13(20)16-15(21)23-4)24-14-18-17-12(19(14)2)10-7-5-6-8-11(10)22-3/h5-9H,1-4H3,(H,16,20,21)/t9-/m1/s1. The van der Waals surface area contributed by atoms with E-state index < -0.39 is 17.3 Å². The average Bonchev–Trinajstić information content (AvgIpc) is 2.95. The van der Waals surface area contributed by atoms with Crippen LogP contribution in [-0.4, -0.2) is 46.2 Å². The molecule has 0 bridgehead atoms. The smallest absolute Gasteiger partial charge is 0.413 e. The summed E-state index contributed by atoms with van der Waals surface area (Å²) in [5, 5.41) is 10.4. The molecular weight excluding hydrogens is 332 g/mol. The fourth-order valence-electron chi connectivity index (χ4n) is 1.95. The molecular formula is C15H18N4O4S. The molecule has 1 aromatic heterocycles. The van der Waals surface area contributed by atoms with Gasteiger partial charge in [0.1, 0.15) is 5.75 Å². The van der Waals surface area contributed by atoms with Gasteiger partial charge >= 0.3 is 6.09 Å². The Hall–Kier alpha value is -2.55. The van der Waals surface area contributed by atoms with Crippen molar-refractivity contribution >= 4 is 23.8 Å². The van der Waals surface area contributed by atoms with Crippen molar-refractivity contribution in [2.24, 2.45) is 7.05 Å². The summed E-state index contributed by atoms with van der Waals surface area (Å²) in [6.07, 6.45) is -0.792. The normalized spacial score (nSPS) is 11.7. The number of rotatable bonds is 5. The van der Waals surface area contributed by atoms with Crippen molar-refractivity contribution in [1.29, 1.82) is 0 Å². The van der Waals surface area contributed by atoms with E-state index >= 15 is 0 Å². The fraction of sp³-hybridized carbons (Fsp3) is 0.333. The number of alkyl carbamates (subject to hydrolysis) is 1. The molecule has 1 atom stereocenters. The number of carbonyl (C=O) groups excluding carboxylic acids is 2. The Balaban J connectivity index is 2.18. The van der Waals surface area contributed by atoms with Crippen LogP contribution in [0.3, 0.4) is 0 Å². The maximum absolute atomic E-state index is 11.9.